The second kappa shape index (κ2) is 7.31. The van der Waals surface area contributed by atoms with Crippen LogP contribution in [0.15, 0.2) is 42.7 Å². The van der Waals surface area contributed by atoms with Crippen LogP contribution in [-0.2, 0) is 11.2 Å². The molecule has 124 valence electrons. The molecule has 2 N–H and O–H groups in total. The number of nitrogens with zero attached hydrogens (tertiary/aromatic N) is 2. The Bertz CT molecular complexity index is 752. The van der Waals surface area contributed by atoms with E-state index in [1.807, 2.05) is 12.1 Å². The molecule has 0 radical (unpaired) electrons. The molecule has 1 aliphatic heterocycles. The zero-order valence-corrected chi connectivity index (χ0v) is 13.7. The van der Waals surface area contributed by atoms with Crippen LogP contribution in [0.2, 0.25) is 5.02 Å². The van der Waals surface area contributed by atoms with E-state index in [2.05, 4.69) is 15.6 Å². The van der Waals surface area contributed by atoms with Crippen molar-refractivity contribution in [2.45, 2.75) is 12.8 Å². The highest BCUT2D eigenvalue weighted by atomic mass is 35.5. The first-order chi connectivity index (χ1) is 11.6. The van der Waals surface area contributed by atoms with Crippen LogP contribution in [0.1, 0.15) is 12.0 Å². The third-order valence-corrected chi connectivity index (χ3v) is 4.09. The molecule has 2 heterocycles. The molecule has 3 amide bonds. The van der Waals surface area contributed by atoms with Crippen LogP contribution in [0, 0.1) is 0 Å². The highest BCUT2D eigenvalue weighted by Gasteiger charge is 2.22. The van der Waals surface area contributed by atoms with Crippen LogP contribution in [0.4, 0.5) is 16.2 Å². The summed E-state index contributed by atoms with van der Waals surface area (Å²) in [5, 5.41) is 5.99. The second-order valence-corrected chi connectivity index (χ2v) is 5.86. The van der Waals surface area contributed by atoms with Crippen LogP contribution in [-0.4, -0.2) is 30.0 Å². The van der Waals surface area contributed by atoms with Gasteiger partial charge < -0.3 is 10.6 Å². The van der Waals surface area contributed by atoms with Crippen LogP contribution >= 0.6 is 11.6 Å². The number of hydrogen-bond acceptors (Lipinski definition) is 3. The topological polar surface area (TPSA) is 74.3 Å². The average molecular weight is 345 g/mol. The second-order valence-electron chi connectivity index (χ2n) is 5.46. The summed E-state index contributed by atoms with van der Waals surface area (Å²) in [6.45, 7) is 1.20. The van der Waals surface area contributed by atoms with E-state index in [0.717, 1.165) is 5.56 Å². The zero-order valence-electron chi connectivity index (χ0n) is 13.0. The van der Waals surface area contributed by atoms with Crippen molar-refractivity contribution in [3.63, 3.8) is 0 Å². The SMILES string of the molecule is O=C(CCc1cccnc1)Nc1cc(N2CCNC2=O)ccc1Cl. The van der Waals surface area contributed by atoms with Crippen molar-refractivity contribution >= 4 is 34.9 Å². The molecule has 2 aromatic rings. The molecule has 1 saturated heterocycles. The molecular weight excluding hydrogens is 328 g/mol. The normalized spacial score (nSPS) is 13.7. The number of nitrogens with one attached hydrogen (secondary N) is 2. The Kier molecular flexibility index (Phi) is 4.96. The number of benzene rings is 1. The minimum Gasteiger partial charge on any atom is -0.336 e. The third-order valence-electron chi connectivity index (χ3n) is 3.76. The van der Waals surface area contributed by atoms with E-state index in [1.54, 1.807) is 35.5 Å². The summed E-state index contributed by atoms with van der Waals surface area (Å²) in [6.07, 6.45) is 4.37. The molecule has 7 heteroatoms. The number of carbonyl (C=O) groups is 2. The summed E-state index contributed by atoms with van der Waals surface area (Å²) in [6, 6.07) is 8.78. The number of rotatable bonds is 5. The fourth-order valence-corrected chi connectivity index (χ4v) is 2.68. The number of aryl methyl sites for hydroxylation is 1. The number of halogens is 1. The first kappa shape index (κ1) is 16.3. The van der Waals surface area contributed by atoms with Gasteiger partial charge in [0, 0.05) is 37.6 Å². The molecule has 1 aliphatic rings. The lowest BCUT2D eigenvalue weighted by Crippen LogP contribution is -2.27. The monoisotopic (exact) mass is 344 g/mol. The smallest absolute Gasteiger partial charge is 0.321 e. The number of pyridine rings is 1. The van der Waals surface area contributed by atoms with E-state index in [4.69, 9.17) is 11.6 Å². The minimum absolute atomic E-state index is 0.135. The van der Waals surface area contributed by atoms with Gasteiger partial charge in [-0.05, 0) is 36.2 Å². The Morgan fingerprint density at radius 2 is 2.25 bits per heavy atom. The average Bonchev–Trinajstić information content (AvgIpc) is 3.02. The quantitative estimate of drug-likeness (QED) is 0.875. The molecule has 24 heavy (non-hydrogen) atoms. The molecular formula is C17H17ClN4O2. The first-order valence-corrected chi connectivity index (χ1v) is 8.05. The summed E-state index contributed by atoms with van der Waals surface area (Å²) in [5.74, 6) is -0.135. The van der Waals surface area contributed by atoms with Gasteiger partial charge in [-0.2, -0.15) is 0 Å². The van der Waals surface area contributed by atoms with Gasteiger partial charge in [0.1, 0.15) is 0 Å². The van der Waals surface area contributed by atoms with E-state index < -0.39 is 0 Å². The highest BCUT2D eigenvalue weighted by molar-refractivity contribution is 6.33. The Morgan fingerprint density at radius 1 is 1.38 bits per heavy atom. The largest absolute Gasteiger partial charge is 0.336 e. The summed E-state index contributed by atoms with van der Waals surface area (Å²) < 4.78 is 0. The van der Waals surface area contributed by atoms with Crippen LogP contribution in [0.25, 0.3) is 0 Å². The van der Waals surface area contributed by atoms with Crippen LogP contribution in [0.5, 0.6) is 0 Å². The number of carbonyl (C=O) groups excluding carboxylic acids is 2. The molecule has 1 fully saturated rings. The van der Waals surface area contributed by atoms with Gasteiger partial charge in [-0.15, -0.1) is 0 Å². The molecule has 1 aromatic heterocycles. The van der Waals surface area contributed by atoms with E-state index in [-0.39, 0.29) is 11.9 Å². The standard InChI is InChI=1S/C17H17ClN4O2/c18-14-5-4-13(22-9-8-20-17(22)24)10-15(14)21-16(23)6-3-12-2-1-7-19-11-12/h1-2,4-5,7,10-11H,3,6,8-9H2,(H,20,24)(H,21,23). The van der Waals surface area contributed by atoms with Gasteiger partial charge in [-0.25, -0.2) is 4.79 Å². The Labute approximate surface area is 144 Å². The van der Waals surface area contributed by atoms with Gasteiger partial charge in [-0.1, -0.05) is 17.7 Å². The van der Waals surface area contributed by atoms with Gasteiger partial charge in [0.25, 0.3) is 0 Å². The summed E-state index contributed by atoms with van der Waals surface area (Å²) in [4.78, 5) is 29.5. The van der Waals surface area contributed by atoms with Crippen molar-refractivity contribution < 1.29 is 9.59 Å². The Hall–Kier alpha value is -2.60. The van der Waals surface area contributed by atoms with Gasteiger partial charge in [-0.3, -0.25) is 14.7 Å². The van der Waals surface area contributed by atoms with Crippen LogP contribution < -0.4 is 15.5 Å². The number of anilines is 2. The highest BCUT2D eigenvalue weighted by Crippen LogP contribution is 2.28. The lowest BCUT2D eigenvalue weighted by atomic mass is 10.1. The fourth-order valence-electron chi connectivity index (χ4n) is 2.51. The maximum atomic E-state index is 12.2. The zero-order chi connectivity index (χ0) is 16.9. The molecule has 0 bridgehead atoms. The molecule has 0 atom stereocenters. The minimum atomic E-state index is -0.147. The first-order valence-electron chi connectivity index (χ1n) is 7.67. The van der Waals surface area contributed by atoms with Crippen molar-refractivity contribution in [1.29, 1.82) is 0 Å². The Morgan fingerprint density at radius 3 is 2.96 bits per heavy atom. The molecule has 6 nitrogen and oxygen atoms in total. The fraction of sp³-hybridized carbons (Fsp3) is 0.235. The van der Waals surface area contributed by atoms with Gasteiger partial charge >= 0.3 is 6.03 Å². The summed E-state index contributed by atoms with van der Waals surface area (Å²) in [7, 11) is 0. The molecule has 1 aromatic carbocycles. The van der Waals surface area contributed by atoms with E-state index in [1.165, 1.54) is 0 Å². The van der Waals surface area contributed by atoms with Crippen molar-refractivity contribution in [1.82, 2.24) is 10.3 Å². The summed E-state index contributed by atoms with van der Waals surface area (Å²) in [5.41, 5.74) is 2.21. The molecule has 3 rings (SSSR count). The summed E-state index contributed by atoms with van der Waals surface area (Å²) >= 11 is 6.16. The number of aromatic nitrogens is 1. The van der Waals surface area contributed by atoms with Crippen LogP contribution in [0.3, 0.4) is 0 Å². The van der Waals surface area contributed by atoms with E-state index in [9.17, 15) is 9.59 Å². The van der Waals surface area contributed by atoms with Gasteiger partial charge in [0.2, 0.25) is 5.91 Å². The number of amides is 3. The molecule has 0 aliphatic carbocycles. The van der Waals surface area contributed by atoms with Gasteiger partial charge in [0.05, 0.1) is 10.7 Å². The number of urea groups is 1. The van der Waals surface area contributed by atoms with Crippen molar-refractivity contribution in [3.8, 4) is 0 Å². The molecule has 0 unspecified atom stereocenters. The Balaban J connectivity index is 1.65. The lowest BCUT2D eigenvalue weighted by molar-refractivity contribution is -0.116. The molecule has 0 spiro atoms. The lowest BCUT2D eigenvalue weighted by Gasteiger charge is -2.16. The predicted molar refractivity (Wildman–Crippen MR) is 93.4 cm³/mol. The van der Waals surface area contributed by atoms with Crippen molar-refractivity contribution in [2.24, 2.45) is 0 Å². The van der Waals surface area contributed by atoms with Gasteiger partial charge in [0.15, 0.2) is 0 Å². The van der Waals surface area contributed by atoms with E-state index >= 15 is 0 Å². The predicted octanol–water partition coefficient (Wildman–Crippen LogP) is 2.84. The maximum absolute atomic E-state index is 12.2. The van der Waals surface area contributed by atoms with Crippen molar-refractivity contribution in [3.05, 3.63) is 53.3 Å². The number of hydrogen-bond donors (Lipinski definition) is 2. The third kappa shape index (κ3) is 3.83. The molecule has 0 saturated carbocycles. The van der Waals surface area contributed by atoms with E-state index in [0.29, 0.717) is 42.3 Å². The van der Waals surface area contributed by atoms with Crippen molar-refractivity contribution in [2.75, 3.05) is 23.3 Å². The maximum Gasteiger partial charge on any atom is 0.321 e.